The zero-order valence-electron chi connectivity index (χ0n) is 12.8. The predicted molar refractivity (Wildman–Crippen MR) is 80.8 cm³/mol. The molecule has 0 bridgehead atoms. The summed E-state index contributed by atoms with van der Waals surface area (Å²) < 4.78 is 5.76. The second kappa shape index (κ2) is 6.17. The summed E-state index contributed by atoms with van der Waals surface area (Å²) in [6.07, 6.45) is 9.96. The highest BCUT2D eigenvalue weighted by Gasteiger charge is 2.35. The SMILES string of the molecule is CC(C)NCc1coc(N2CCCC3CCCCC32)n1. The Morgan fingerprint density at radius 1 is 1.30 bits per heavy atom. The number of anilines is 1. The largest absolute Gasteiger partial charge is 0.432 e. The third-order valence-electron chi connectivity index (χ3n) is 4.72. The van der Waals surface area contributed by atoms with Crippen LogP contribution in [0.1, 0.15) is 58.1 Å². The molecule has 1 saturated heterocycles. The van der Waals surface area contributed by atoms with Gasteiger partial charge in [-0.1, -0.05) is 26.7 Å². The van der Waals surface area contributed by atoms with Gasteiger partial charge in [0.05, 0.1) is 5.69 Å². The molecule has 20 heavy (non-hydrogen) atoms. The molecular weight excluding hydrogens is 250 g/mol. The van der Waals surface area contributed by atoms with Gasteiger partial charge in [0.1, 0.15) is 6.26 Å². The van der Waals surface area contributed by atoms with Gasteiger partial charge in [-0.3, -0.25) is 0 Å². The van der Waals surface area contributed by atoms with Crippen molar-refractivity contribution in [1.82, 2.24) is 10.3 Å². The van der Waals surface area contributed by atoms with E-state index < -0.39 is 0 Å². The first-order chi connectivity index (χ1) is 9.74. The van der Waals surface area contributed by atoms with Crippen molar-refractivity contribution in [3.63, 3.8) is 0 Å². The molecule has 4 heteroatoms. The predicted octanol–water partition coefficient (Wildman–Crippen LogP) is 3.33. The Bertz CT molecular complexity index is 427. The van der Waals surface area contributed by atoms with Crippen molar-refractivity contribution >= 4 is 6.01 Å². The Labute approximate surface area is 121 Å². The summed E-state index contributed by atoms with van der Waals surface area (Å²) >= 11 is 0. The summed E-state index contributed by atoms with van der Waals surface area (Å²) in [7, 11) is 0. The molecule has 1 saturated carbocycles. The van der Waals surface area contributed by atoms with Crippen molar-refractivity contribution in [1.29, 1.82) is 0 Å². The second-order valence-corrected chi connectivity index (χ2v) is 6.60. The van der Waals surface area contributed by atoms with Gasteiger partial charge < -0.3 is 14.6 Å². The van der Waals surface area contributed by atoms with E-state index in [1.807, 2.05) is 6.26 Å². The lowest BCUT2D eigenvalue weighted by Crippen LogP contribution is -2.47. The summed E-state index contributed by atoms with van der Waals surface area (Å²) in [6.45, 7) is 6.21. The van der Waals surface area contributed by atoms with E-state index in [0.29, 0.717) is 12.1 Å². The van der Waals surface area contributed by atoms with E-state index in [4.69, 9.17) is 9.40 Å². The molecule has 1 aliphatic carbocycles. The van der Waals surface area contributed by atoms with Crippen LogP contribution in [0.3, 0.4) is 0 Å². The maximum atomic E-state index is 5.76. The van der Waals surface area contributed by atoms with Crippen LogP contribution in [0.15, 0.2) is 10.7 Å². The maximum absolute atomic E-state index is 5.76. The van der Waals surface area contributed by atoms with Crippen molar-refractivity contribution in [2.45, 2.75) is 71.0 Å². The normalized spacial score (nSPS) is 26.9. The van der Waals surface area contributed by atoms with Gasteiger partial charge in [0.25, 0.3) is 6.01 Å². The van der Waals surface area contributed by atoms with E-state index in [-0.39, 0.29) is 0 Å². The first kappa shape index (κ1) is 13.9. The fraction of sp³-hybridized carbons (Fsp3) is 0.812. The number of oxazole rings is 1. The Balaban J connectivity index is 1.68. The number of nitrogens with one attached hydrogen (secondary N) is 1. The fourth-order valence-corrected chi connectivity index (χ4v) is 3.68. The standard InChI is InChI=1S/C16H27N3O/c1-12(2)17-10-14-11-20-16(18-14)19-9-5-7-13-6-3-4-8-15(13)19/h11-13,15,17H,3-10H2,1-2H3. The molecule has 1 N–H and O–H groups in total. The van der Waals surface area contributed by atoms with Crippen LogP contribution >= 0.6 is 0 Å². The molecular formula is C16H27N3O. The molecule has 2 unspecified atom stereocenters. The molecule has 2 fully saturated rings. The van der Waals surface area contributed by atoms with E-state index in [2.05, 4.69) is 24.1 Å². The molecule has 1 aromatic heterocycles. The summed E-state index contributed by atoms with van der Waals surface area (Å²) in [5.41, 5.74) is 1.02. The van der Waals surface area contributed by atoms with Crippen molar-refractivity contribution < 1.29 is 4.42 Å². The fourth-order valence-electron chi connectivity index (χ4n) is 3.68. The van der Waals surface area contributed by atoms with Gasteiger partial charge >= 0.3 is 0 Å². The Kier molecular flexibility index (Phi) is 4.29. The molecule has 3 rings (SSSR count). The number of fused-ring (bicyclic) bond motifs is 1. The maximum Gasteiger partial charge on any atom is 0.297 e. The number of hydrogen-bond donors (Lipinski definition) is 1. The minimum absolute atomic E-state index is 0.480. The number of piperidine rings is 1. The van der Waals surface area contributed by atoms with Gasteiger partial charge in [-0.2, -0.15) is 4.98 Å². The average Bonchev–Trinajstić information content (AvgIpc) is 2.93. The minimum Gasteiger partial charge on any atom is -0.432 e. The minimum atomic E-state index is 0.480. The quantitative estimate of drug-likeness (QED) is 0.916. The molecule has 2 atom stereocenters. The van der Waals surface area contributed by atoms with E-state index in [1.54, 1.807) is 0 Å². The lowest BCUT2D eigenvalue weighted by molar-refractivity contribution is 0.235. The topological polar surface area (TPSA) is 41.3 Å². The van der Waals surface area contributed by atoms with E-state index in [0.717, 1.165) is 30.7 Å². The van der Waals surface area contributed by atoms with Crippen LogP contribution in [0.2, 0.25) is 0 Å². The summed E-state index contributed by atoms with van der Waals surface area (Å²) in [5, 5.41) is 3.39. The van der Waals surface area contributed by atoms with Crippen molar-refractivity contribution in [2.24, 2.45) is 5.92 Å². The highest BCUT2D eigenvalue weighted by molar-refractivity contribution is 5.31. The zero-order chi connectivity index (χ0) is 13.9. The van der Waals surface area contributed by atoms with Crippen LogP contribution in [0.5, 0.6) is 0 Å². The number of hydrogen-bond acceptors (Lipinski definition) is 4. The molecule has 1 aromatic rings. The molecule has 0 radical (unpaired) electrons. The van der Waals surface area contributed by atoms with Gasteiger partial charge in [-0.05, 0) is 31.6 Å². The van der Waals surface area contributed by atoms with Crippen molar-refractivity contribution in [3.8, 4) is 0 Å². The van der Waals surface area contributed by atoms with Crippen LogP contribution in [-0.2, 0) is 6.54 Å². The van der Waals surface area contributed by atoms with Gasteiger partial charge in [-0.15, -0.1) is 0 Å². The van der Waals surface area contributed by atoms with Gasteiger partial charge in [0.2, 0.25) is 0 Å². The van der Waals surface area contributed by atoms with Crippen LogP contribution < -0.4 is 10.2 Å². The summed E-state index contributed by atoms with van der Waals surface area (Å²) in [5.74, 6) is 0.863. The van der Waals surface area contributed by atoms with Crippen LogP contribution in [0.4, 0.5) is 6.01 Å². The lowest BCUT2D eigenvalue weighted by Gasteiger charge is -2.43. The van der Waals surface area contributed by atoms with E-state index in [9.17, 15) is 0 Å². The van der Waals surface area contributed by atoms with Crippen molar-refractivity contribution in [2.75, 3.05) is 11.4 Å². The molecule has 0 amide bonds. The number of nitrogens with zero attached hydrogens (tertiary/aromatic N) is 2. The average molecular weight is 277 g/mol. The highest BCUT2D eigenvalue weighted by Crippen LogP contribution is 2.37. The first-order valence-corrected chi connectivity index (χ1v) is 8.18. The second-order valence-electron chi connectivity index (χ2n) is 6.60. The zero-order valence-corrected chi connectivity index (χ0v) is 12.8. The van der Waals surface area contributed by atoms with E-state index in [1.165, 1.54) is 38.5 Å². The first-order valence-electron chi connectivity index (χ1n) is 8.18. The van der Waals surface area contributed by atoms with Crippen LogP contribution in [0, 0.1) is 5.92 Å². The monoisotopic (exact) mass is 277 g/mol. The summed E-state index contributed by atoms with van der Waals surface area (Å²) in [6, 6.07) is 2.00. The third-order valence-corrected chi connectivity index (χ3v) is 4.72. The highest BCUT2D eigenvalue weighted by atomic mass is 16.4. The van der Waals surface area contributed by atoms with Gasteiger partial charge in [0, 0.05) is 25.2 Å². The Morgan fingerprint density at radius 3 is 2.95 bits per heavy atom. The van der Waals surface area contributed by atoms with Gasteiger partial charge in [0.15, 0.2) is 0 Å². The molecule has 2 aliphatic rings. The molecule has 0 aromatic carbocycles. The third kappa shape index (κ3) is 3.00. The van der Waals surface area contributed by atoms with E-state index >= 15 is 0 Å². The number of aromatic nitrogens is 1. The number of rotatable bonds is 4. The molecule has 0 spiro atoms. The van der Waals surface area contributed by atoms with Crippen LogP contribution in [0.25, 0.3) is 0 Å². The Hall–Kier alpha value is -1.03. The van der Waals surface area contributed by atoms with Gasteiger partial charge in [-0.25, -0.2) is 0 Å². The Morgan fingerprint density at radius 2 is 2.10 bits per heavy atom. The molecule has 4 nitrogen and oxygen atoms in total. The van der Waals surface area contributed by atoms with Crippen LogP contribution in [-0.4, -0.2) is 23.6 Å². The smallest absolute Gasteiger partial charge is 0.297 e. The molecule has 112 valence electrons. The summed E-state index contributed by atoms with van der Waals surface area (Å²) in [4.78, 5) is 7.13. The van der Waals surface area contributed by atoms with Crippen molar-refractivity contribution in [3.05, 3.63) is 12.0 Å². The lowest BCUT2D eigenvalue weighted by atomic mass is 9.78. The molecule has 1 aliphatic heterocycles. The molecule has 2 heterocycles.